The number of benzene rings is 2. The second-order valence-electron chi connectivity index (χ2n) is 5.78. The molecule has 1 fully saturated rings. The molecule has 1 saturated heterocycles. The molecule has 2 amide bonds. The zero-order chi connectivity index (χ0) is 16.2. The van der Waals surface area contributed by atoms with E-state index < -0.39 is 0 Å². The number of amides is 2. The Morgan fingerprint density at radius 1 is 1.13 bits per heavy atom. The Labute approximate surface area is 136 Å². The number of aryl methyl sites for hydroxylation is 1. The van der Waals surface area contributed by atoms with Crippen LogP contribution in [0.25, 0.3) is 0 Å². The molecule has 0 aliphatic carbocycles. The first-order valence-corrected chi connectivity index (χ1v) is 7.92. The van der Waals surface area contributed by atoms with Crippen molar-refractivity contribution in [2.24, 2.45) is 5.92 Å². The minimum atomic E-state index is -0.312. The Balaban J connectivity index is 1.67. The molecule has 1 heterocycles. The van der Waals surface area contributed by atoms with Crippen LogP contribution in [0.3, 0.4) is 0 Å². The van der Waals surface area contributed by atoms with Crippen molar-refractivity contribution >= 4 is 23.2 Å². The predicted octanol–water partition coefficient (Wildman–Crippen LogP) is 3.24. The number of nitrogens with one attached hydrogen (secondary N) is 1. The van der Waals surface area contributed by atoms with Gasteiger partial charge in [-0.1, -0.05) is 37.3 Å². The summed E-state index contributed by atoms with van der Waals surface area (Å²) in [5.41, 5.74) is 2.86. The van der Waals surface area contributed by atoms with Gasteiger partial charge in [-0.05, 0) is 36.2 Å². The first kappa shape index (κ1) is 15.3. The lowest BCUT2D eigenvalue weighted by Crippen LogP contribution is -2.28. The predicted molar refractivity (Wildman–Crippen MR) is 91.4 cm³/mol. The summed E-state index contributed by atoms with van der Waals surface area (Å²) in [5.74, 6) is -0.409. The van der Waals surface area contributed by atoms with Crippen LogP contribution in [0.4, 0.5) is 11.4 Å². The number of carbonyl (C=O) groups excluding carboxylic acids is 2. The van der Waals surface area contributed by atoms with Gasteiger partial charge in [-0.15, -0.1) is 0 Å². The van der Waals surface area contributed by atoms with Crippen LogP contribution in [-0.2, 0) is 16.0 Å². The molecule has 0 bridgehead atoms. The number of nitrogens with zero attached hydrogens (tertiary/aromatic N) is 1. The number of hydrogen-bond acceptors (Lipinski definition) is 2. The van der Waals surface area contributed by atoms with Crippen molar-refractivity contribution in [3.05, 3.63) is 60.2 Å². The quantitative estimate of drug-likeness (QED) is 0.942. The number of hydrogen-bond donors (Lipinski definition) is 1. The number of para-hydroxylation sites is 1. The molecule has 118 valence electrons. The number of rotatable bonds is 4. The third-order valence-corrected chi connectivity index (χ3v) is 4.19. The highest BCUT2D eigenvalue weighted by atomic mass is 16.2. The summed E-state index contributed by atoms with van der Waals surface area (Å²) in [5, 5.41) is 2.88. The van der Waals surface area contributed by atoms with E-state index in [1.807, 2.05) is 54.6 Å². The number of anilines is 2. The molecule has 1 aliphatic rings. The first-order chi connectivity index (χ1) is 11.2. The molecule has 2 aromatic rings. The van der Waals surface area contributed by atoms with Crippen LogP contribution in [0.1, 0.15) is 18.9 Å². The van der Waals surface area contributed by atoms with Gasteiger partial charge in [0.25, 0.3) is 0 Å². The molecule has 2 aromatic carbocycles. The lowest BCUT2D eigenvalue weighted by atomic mass is 10.1. The zero-order valence-electron chi connectivity index (χ0n) is 13.2. The Morgan fingerprint density at radius 2 is 1.83 bits per heavy atom. The summed E-state index contributed by atoms with van der Waals surface area (Å²) in [4.78, 5) is 26.3. The molecule has 1 unspecified atom stereocenters. The molecule has 0 saturated carbocycles. The van der Waals surface area contributed by atoms with Crippen molar-refractivity contribution in [3.63, 3.8) is 0 Å². The summed E-state index contributed by atoms with van der Waals surface area (Å²) in [6.45, 7) is 2.53. The monoisotopic (exact) mass is 308 g/mol. The highest BCUT2D eigenvalue weighted by Crippen LogP contribution is 2.26. The highest BCUT2D eigenvalue weighted by Gasteiger charge is 2.35. The molecule has 1 aliphatic heterocycles. The molecule has 0 spiro atoms. The lowest BCUT2D eigenvalue weighted by Gasteiger charge is -2.17. The standard InChI is InChI=1S/C19H20N2O2/c1-2-14-8-10-17(11-9-14)21-13-15(12-18(21)22)19(23)20-16-6-4-3-5-7-16/h3-11,15H,2,12-13H2,1H3,(H,20,23). The van der Waals surface area contributed by atoms with Crippen molar-refractivity contribution in [2.45, 2.75) is 19.8 Å². The molecule has 4 nitrogen and oxygen atoms in total. The van der Waals surface area contributed by atoms with E-state index in [4.69, 9.17) is 0 Å². The molecular formula is C19H20N2O2. The maximum atomic E-state index is 12.3. The SMILES string of the molecule is CCc1ccc(N2CC(C(=O)Nc3ccccc3)CC2=O)cc1. The van der Waals surface area contributed by atoms with E-state index in [0.717, 1.165) is 17.8 Å². The van der Waals surface area contributed by atoms with E-state index in [-0.39, 0.29) is 24.2 Å². The smallest absolute Gasteiger partial charge is 0.229 e. The topological polar surface area (TPSA) is 49.4 Å². The second kappa shape index (κ2) is 6.65. The van der Waals surface area contributed by atoms with Crippen molar-refractivity contribution in [1.29, 1.82) is 0 Å². The fraction of sp³-hybridized carbons (Fsp3) is 0.263. The van der Waals surface area contributed by atoms with E-state index in [1.54, 1.807) is 4.90 Å². The van der Waals surface area contributed by atoms with Gasteiger partial charge in [-0.25, -0.2) is 0 Å². The van der Waals surface area contributed by atoms with Gasteiger partial charge >= 0.3 is 0 Å². The van der Waals surface area contributed by atoms with Crippen molar-refractivity contribution in [1.82, 2.24) is 0 Å². The van der Waals surface area contributed by atoms with E-state index in [0.29, 0.717) is 6.54 Å². The third kappa shape index (κ3) is 3.42. The molecule has 3 rings (SSSR count). The Kier molecular flexibility index (Phi) is 4.42. The summed E-state index contributed by atoms with van der Waals surface area (Å²) < 4.78 is 0. The van der Waals surface area contributed by atoms with Crippen LogP contribution in [0.2, 0.25) is 0 Å². The van der Waals surface area contributed by atoms with Crippen molar-refractivity contribution in [2.75, 3.05) is 16.8 Å². The summed E-state index contributed by atoms with van der Waals surface area (Å²) >= 11 is 0. The minimum absolute atomic E-state index is 0.00228. The molecule has 1 N–H and O–H groups in total. The van der Waals surface area contributed by atoms with Gasteiger partial charge < -0.3 is 10.2 Å². The minimum Gasteiger partial charge on any atom is -0.326 e. The van der Waals surface area contributed by atoms with Gasteiger partial charge in [0, 0.05) is 24.3 Å². The van der Waals surface area contributed by atoms with E-state index in [1.165, 1.54) is 5.56 Å². The van der Waals surface area contributed by atoms with E-state index >= 15 is 0 Å². The van der Waals surface area contributed by atoms with E-state index in [2.05, 4.69) is 12.2 Å². The van der Waals surface area contributed by atoms with Crippen LogP contribution >= 0.6 is 0 Å². The molecule has 23 heavy (non-hydrogen) atoms. The second-order valence-corrected chi connectivity index (χ2v) is 5.78. The van der Waals surface area contributed by atoms with Crippen molar-refractivity contribution < 1.29 is 9.59 Å². The fourth-order valence-electron chi connectivity index (χ4n) is 2.81. The van der Waals surface area contributed by atoms with E-state index in [9.17, 15) is 9.59 Å². The van der Waals surface area contributed by atoms with Crippen LogP contribution < -0.4 is 10.2 Å². The maximum Gasteiger partial charge on any atom is 0.229 e. The van der Waals surface area contributed by atoms with Crippen LogP contribution in [0.15, 0.2) is 54.6 Å². The Bertz CT molecular complexity index is 695. The lowest BCUT2D eigenvalue weighted by molar-refractivity contribution is -0.122. The van der Waals surface area contributed by atoms with Crippen LogP contribution in [0.5, 0.6) is 0 Å². The number of carbonyl (C=O) groups is 2. The molecular weight excluding hydrogens is 288 g/mol. The average molecular weight is 308 g/mol. The molecule has 1 atom stereocenters. The van der Waals surface area contributed by atoms with Gasteiger partial charge in [0.05, 0.1) is 5.92 Å². The molecule has 0 aromatic heterocycles. The summed E-state index contributed by atoms with van der Waals surface area (Å²) in [7, 11) is 0. The van der Waals surface area contributed by atoms with Gasteiger partial charge in [0.15, 0.2) is 0 Å². The van der Waals surface area contributed by atoms with Gasteiger partial charge in [-0.2, -0.15) is 0 Å². The summed E-state index contributed by atoms with van der Waals surface area (Å²) in [6.07, 6.45) is 1.23. The van der Waals surface area contributed by atoms with Gasteiger partial charge in [0.2, 0.25) is 11.8 Å². The first-order valence-electron chi connectivity index (χ1n) is 7.92. The van der Waals surface area contributed by atoms with Crippen molar-refractivity contribution in [3.8, 4) is 0 Å². The summed E-state index contributed by atoms with van der Waals surface area (Å²) in [6, 6.07) is 17.3. The third-order valence-electron chi connectivity index (χ3n) is 4.19. The zero-order valence-corrected chi connectivity index (χ0v) is 13.2. The molecule has 4 heteroatoms. The maximum absolute atomic E-state index is 12.3. The van der Waals surface area contributed by atoms with Gasteiger partial charge in [-0.3, -0.25) is 9.59 Å². The largest absolute Gasteiger partial charge is 0.326 e. The normalized spacial score (nSPS) is 17.3. The van der Waals surface area contributed by atoms with Gasteiger partial charge in [0.1, 0.15) is 0 Å². The highest BCUT2D eigenvalue weighted by molar-refractivity contribution is 6.03. The molecule has 0 radical (unpaired) electrons. The Hall–Kier alpha value is -2.62. The fourth-order valence-corrected chi connectivity index (χ4v) is 2.81. The van der Waals surface area contributed by atoms with Crippen LogP contribution in [-0.4, -0.2) is 18.4 Å². The average Bonchev–Trinajstić information content (AvgIpc) is 2.98. The Morgan fingerprint density at radius 3 is 2.48 bits per heavy atom. The van der Waals surface area contributed by atoms with Crippen LogP contribution in [0, 0.1) is 5.92 Å².